The van der Waals surface area contributed by atoms with Gasteiger partial charge in [-0.05, 0) is 47.5 Å². The van der Waals surface area contributed by atoms with E-state index < -0.39 is 0 Å². The van der Waals surface area contributed by atoms with Crippen molar-refractivity contribution in [3.8, 4) is 50.7 Å². The summed E-state index contributed by atoms with van der Waals surface area (Å²) in [5, 5.41) is 2.56. The summed E-state index contributed by atoms with van der Waals surface area (Å²) in [6.07, 6.45) is 0. The second kappa shape index (κ2) is 11.0. The number of benzene rings is 6. The summed E-state index contributed by atoms with van der Waals surface area (Å²) < 4.78 is 5.03. The normalized spacial score (nSPS) is 11.5. The van der Waals surface area contributed by atoms with E-state index in [1.807, 2.05) is 47.7 Å². The second-order valence-electron chi connectivity index (χ2n) is 11.5. The summed E-state index contributed by atoms with van der Waals surface area (Å²) in [5.74, 6) is 0.717. The summed E-state index contributed by atoms with van der Waals surface area (Å²) in [4.78, 5) is 10.0. The van der Waals surface area contributed by atoms with E-state index in [0.717, 1.165) is 33.6 Å². The first-order valence-corrected chi connectivity index (χ1v) is 16.2. The van der Waals surface area contributed by atoms with Gasteiger partial charge < -0.3 is 4.57 Å². The van der Waals surface area contributed by atoms with Gasteiger partial charge in [-0.1, -0.05) is 127 Å². The Labute approximate surface area is 270 Å². The molecule has 0 saturated carbocycles. The van der Waals surface area contributed by atoms with E-state index in [4.69, 9.17) is 9.97 Å². The summed E-state index contributed by atoms with van der Waals surface area (Å²) >= 11 is 1.87. The fourth-order valence-electron chi connectivity index (χ4n) is 6.40. The Balaban J connectivity index is 1.15. The van der Waals surface area contributed by atoms with Crippen LogP contribution in [0.3, 0.4) is 0 Å². The van der Waals surface area contributed by atoms with Gasteiger partial charge in [-0.25, -0.2) is 9.97 Å². The maximum atomic E-state index is 5.02. The van der Waals surface area contributed by atoms with Crippen LogP contribution in [-0.2, 0) is 0 Å². The summed E-state index contributed by atoms with van der Waals surface area (Å²) in [6, 6.07) is 57.6. The van der Waals surface area contributed by atoms with E-state index in [-0.39, 0.29) is 0 Å². The lowest BCUT2D eigenvalue weighted by Crippen LogP contribution is -1.96. The van der Waals surface area contributed by atoms with Crippen LogP contribution in [0.2, 0.25) is 0 Å². The van der Waals surface area contributed by atoms with E-state index in [2.05, 4.69) is 132 Å². The van der Waals surface area contributed by atoms with Crippen molar-refractivity contribution in [3.63, 3.8) is 0 Å². The maximum Gasteiger partial charge on any atom is 0.160 e. The molecule has 4 heteroatoms. The molecule has 3 heterocycles. The number of thiophene rings is 1. The van der Waals surface area contributed by atoms with Crippen LogP contribution >= 0.6 is 11.3 Å². The molecule has 46 heavy (non-hydrogen) atoms. The van der Waals surface area contributed by atoms with Crippen LogP contribution < -0.4 is 0 Å². The fraction of sp³-hybridized carbons (Fsp3) is 0. The third-order valence-electron chi connectivity index (χ3n) is 8.63. The van der Waals surface area contributed by atoms with E-state index >= 15 is 0 Å². The minimum atomic E-state index is 0.717. The number of para-hydroxylation sites is 2. The molecule has 0 atom stereocenters. The van der Waals surface area contributed by atoms with Crippen LogP contribution in [0, 0.1) is 0 Å². The van der Waals surface area contributed by atoms with Gasteiger partial charge >= 0.3 is 0 Å². The Bertz CT molecular complexity index is 2440. The van der Waals surface area contributed by atoms with E-state index in [1.165, 1.54) is 42.5 Å². The van der Waals surface area contributed by atoms with Gasteiger partial charge in [0.2, 0.25) is 0 Å². The molecular formula is C42H27N3S. The van der Waals surface area contributed by atoms with Gasteiger partial charge in [0.05, 0.1) is 27.1 Å². The third kappa shape index (κ3) is 4.50. The Morgan fingerprint density at radius 3 is 1.67 bits per heavy atom. The molecule has 0 spiro atoms. The molecule has 0 N–H and O–H groups in total. The van der Waals surface area contributed by atoms with Crippen molar-refractivity contribution in [3.05, 3.63) is 164 Å². The predicted molar refractivity (Wildman–Crippen MR) is 193 cm³/mol. The highest BCUT2D eigenvalue weighted by molar-refractivity contribution is 7.26. The zero-order valence-electron chi connectivity index (χ0n) is 24.8. The molecular weight excluding hydrogens is 579 g/mol. The quantitative estimate of drug-likeness (QED) is 0.195. The number of rotatable bonds is 5. The Kier molecular flexibility index (Phi) is 6.32. The molecule has 0 bridgehead atoms. The average Bonchev–Trinajstić information content (AvgIpc) is 3.67. The Morgan fingerprint density at radius 1 is 0.435 bits per heavy atom. The molecule has 0 unspecified atom stereocenters. The highest BCUT2D eigenvalue weighted by Crippen LogP contribution is 2.43. The minimum absolute atomic E-state index is 0.717. The lowest BCUT2D eigenvalue weighted by atomic mass is 10.0. The molecule has 0 aliphatic heterocycles. The standard InChI is InChI=1S/C42H27N3S/c1-4-12-29(13-5-1)36-27-37(30-14-6-2-7-15-30)44-42(43-36)31-22-20-28(21-23-31)32-24-25-39-35(26-32)40-41(46-39)34-18-10-11-19-38(34)45(40)33-16-8-3-9-17-33/h1-27H. The van der Waals surface area contributed by atoms with Crippen LogP contribution in [0.15, 0.2) is 164 Å². The Hall–Kier alpha value is -5.84. The SMILES string of the molecule is c1ccc(-c2cc(-c3ccccc3)nc(-c3ccc(-c4ccc5sc6c7ccccc7n(-c7ccccc7)c6c5c4)cc3)n2)cc1. The Morgan fingerprint density at radius 2 is 1.00 bits per heavy atom. The summed E-state index contributed by atoms with van der Waals surface area (Å²) in [5.41, 5.74) is 11.0. The molecule has 3 aromatic heterocycles. The predicted octanol–water partition coefficient (Wildman–Crippen LogP) is 11.5. The van der Waals surface area contributed by atoms with Crippen LogP contribution in [0.5, 0.6) is 0 Å². The lowest BCUT2D eigenvalue weighted by Gasteiger charge is -2.10. The smallest absolute Gasteiger partial charge is 0.160 e. The topological polar surface area (TPSA) is 30.7 Å². The number of hydrogen-bond acceptors (Lipinski definition) is 3. The van der Waals surface area contributed by atoms with Gasteiger partial charge in [-0.2, -0.15) is 0 Å². The van der Waals surface area contributed by atoms with Gasteiger partial charge in [-0.15, -0.1) is 11.3 Å². The molecule has 0 fully saturated rings. The van der Waals surface area contributed by atoms with Crippen LogP contribution in [0.4, 0.5) is 0 Å². The number of nitrogens with zero attached hydrogens (tertiary/aromatic N) is 3. The first-order valence-electron chi connectivity index (χ1n) is 15.4. The monoisotopic (exact) mass is 605 g/mol. The van der Waals surface area contributed by atoms with Crippen LogP contribution in [-0.4, -0.2) is 14.5 Å². The number of fused-ring (bicyclic) bond motifs is 5. The van der Waals surface area contributed by atoms with Gasteiger partial charge in [0.25, 0.3) is 0 Å². The van der Waals surface area contributed by atoms with Crippen molar-refractivity contribution in [1.82, 2.24) is 14.5 Å². The highest BCUT2D eigenvalue weighted by atomic mass is 32.1. The van der Waals surface area contributed by atoms with Gasteiger partial charge in [0.1, 0.15) is 0 Å². The van der Waals surface area contributed by atoms with Crippen molar-refractivity contribution in [2.24, 2.45) is 0 Å². The van der Waals surface area contributed by atoms with Gasteiger partial charge in [0.15, 0.2) is 5.82 Å². The summed E-state index contributed by atoms with van der Waals surface area (Å²) in [7, 11) is 0. The zero-order chi connectivity index (χ0) is 30.5. The molecule has 0 aliphatic carbocycles. The minimum Gasteiger partial charge on any atom is -0.308 e. The van der Waals surface area contributed by atoms with Crippen molar-refractivity contribution in [2.45, 2.75) is 0 Å². The molecule has 9 aromatic rings. The number of hydrogen-bond donors (Lipinski definition) is 0. The third-order valence-corrected chi connectivity index (χ3v) is 9.82. The maximum absolute atomic E-state index is 5.02. The fourth-order valence-corrected chi connectivity index (χ4v) is 7.60. The van der Waals surface area contributed by atoms with Crippen molar-refractivity contribution < 1.29 is 0 Å². The molecule has 0 radical (unpaired) electrons. The molecule has 0 saturated heterocycles. The van der Waals surface area contributed by atoms with Gasteiger partial charge in [-0.3, -0.25) is 0 Å². The van der Waals surface area contributed by atoms with E-state index in [0.29, 0.717) is 5.82 Å². The first kappa shape index (κ1) is 26.6. The molecule has 3 nitrogen and oxygen atoms in total. The number of aromatic nitrogens is 3. The largest absolute Gasteiger partial charge is 0.308 e. The average molecular weight is 606 g/mol. The van der Waals surface area contributed by atoms with Crippen molar-refractivity contribution in [2.75, 3.05) is 0 Å². The van der Waals surface area contributed by atoms with E-state index in [9.17, 15) is 0 Å². The highest BCUT2D eigenvalue weighted by Gasteiger charge is 2.18. The van der Waals surface area contributed by atoms with Crippen molar-refractivity contribution >= 4 is 42.5 Å². The molecule has 6 aromatic carbocycles. The second-order valence-corrected chi connectivity index (χ2v) is 12.5. The van der Waals surface area contributed by atoms with Crippen LogP contribution in [0.25, 0.3) is 81.9 Å². The van der Waals surface area contributed by atoms with Crippen molar-refractivity contribution in [1.29, 1.82) is 0 Å². The van der Waals surface area contributed by atoms with E-state index in [1.54, 1.807) is 0 Å². The van der Waals surface area contributed by atoms with Crippen LogP contribution in [0.1, 0.15) is 0 Å². The molecule has 0 aliphatic rings. The molecule has 0 amide bonds. The van der Waals surface area contributed by atoms with Gasteiger partial charge in [0, 0.05) is 37.9 Å². The molecule has 9 rings (SSSR count). The lowest BCUT2D eigenvalue weighted by molar-refractivity contribution is 1.18. The molecule has 216 valence electrons. The summed E-state index contributed by atoms with van der Waals surface area (Å²) in [6.45, 7) is 0. The zero-order valence-corrected chi connectivity index (χ0v) is 25.7. The first-order chi connectivity index (χ1) is 22.8.